The van der Waals surface area contributed by atoms with Crippen molar-refractivity contribution in [3.8, 4) is 0 Å². The van der Waals surface area contributed by atoms with Gasteiger partial charge < -0.3 is 0 Å². The molecule has 0 aromatic heterocycles. The van der Waals surface area contributed by atoms with Crippen molar-refractivity contribution < 1.29 is 13.2 Å². The molecule has 0 heterocycles. The first-order chi connectivity index (χ1) is 9.02. The summed E-state index contributed by atoms with van der Waals surface area (Å²) >= 11 is 5.57. The summed E-state index contributed by atoms with van der Waals surface area (Å²) in [4.78, 5) is 0. The first kappa shape index (κ1) is 13.9. The molecule has 2 nitrogen and oxygen atoms in total. The zero-order chi connectivity index (χ0) is 14.0. The fraction of sp³-hybridized carbons (Fsp3) is 0.0769. The fourth-order valence-electron chi connectivity index (χ4n) is 1.79. The van der Waals surface area contributed by atoms with Crippen molar-refractivity contribution in [1.29, 1.82) is 0 Å². The molecule has 1 atom stereocenters. The number of benzene rings is 2. The van der Waals surface area contributed by atoms with E-state index in [9.17, 15) is 13.2 Å². The summed E-state index contributed by atoms with van der Waals surface area (Å²) in [6, 6.07) is 6.05. The molecule has 0 amide bonds. The Morgan fingerprint density at radius 2 is 1.74 bits per heavy atom. The summed E-state index contributed by atoms with van der Waals surface area (Å²) in [6.45, 7) is 0. The Bertz CT molecular complexity index is 604. The second-order valence-corrected chi connectivity index (χ2v) is 4.35. The van der Waals surface area contributed by atoms with Crippen LogP contribution < -0.4 is 11.3 Å². The maximum Gasteiger partial charge on any atom is 0.142 e. The Morgan fingerprint density at radius 1 is 1.00 bits per heavy atom. The highest BCUT2D eigenvalue weighted by Crippen LogP contribution is 2.27. The molecular weight excluding hydrogens is 277 g/mol. The van der Waals surface area contributed by atoms with E-state index in [1.807, 2.05) is 0 Å². The van der Waals surface area contributed by atoms with Gasteiger partial charge in [0.2, 0.25) is 0 Å². The molecule has 0 aliphatic heterocycles. The lowest BCUT2D eigenvalue weighted by Gasteiger charge is -2.18. The van der Waals surface area contributed by atoms with Gasteiger partial charge in [-0.25, -0.2) is 18.6 Å². The quantitative estimate of drug-likeness (QED) is 0.671. The molecule has 0 radical (unpaired) electrons. The number of hydrogen-bond acceptors (Lipinski definition) is 2. The Hall–Kier alpha value is -1.56. The second kappa shape index (κ2) is 5.61. The molecule has 2 rings (SSSR count). The van der Waals surface area contributed by atoms with Crippen LogP contribution >= 0.6 is 11.6 Å². The highest BCUT2D eigenvalue weighted by Gasteiger charge is 2.18. The van der Waals surface area contributed by atoms with Gasteiger partial charge in [-0.05, 0) is 35.9 Å². The lowest BCUT2D eigenvalue weighted by molar-refractivity contribution is 0.542. The molecule has 2 aromatic carbocycles. The van der Waals surface area contributed by atoms with Crippen LogP contribution in [0.5, 0.6) is 0 Å². The molecule has 0 saturated heterocycles. The Labute approximate surface area is 113 Å². The predicted molar refractivity (Wildman–Crippen MR) is 66.9 cm³/mol. The normalized spacial score (nSPS) is 12.5. The highest BCUT2D eigenvalue weighted by molar-refractivity contribution is 6.30. The summed E-state index contributed by atoms with van der Waals surface area (Å²) in [5, 5.41) is -0.0563. The van der Waals surface area contributed by atoms with Gasteiger partial charge in [0.05, 0.1) is 11.1 Å². The molecule has 3 N–H and O–H groups in total. The summed E-state index contributed by atoms with van der Waals surface area (Å²) in [5.41, 5.74) is 2.66. The number of rotatable bonds is 3. The molecule has 1 unspecified atom stereocenters. The fourth-order valence-corrected chi connectivity index (χ4v) is 1.91. The number of hydrogen-bond donors (Lipinski definition) is 2. The summed E-state index contributed by atoms with van der Waals surface area (Å²) < 4.78 is 40.3. The second-order valence-electron chi connectivity index (χ2n) is 3.94. The van der Waals surface area contributed by atoms with Crippen LogP contribution in [0.3, 0.4) is 0 Å². The van der Waals surface area contributed by atoms with Gasteiger partial charge in [-0.15, -0.1) is 0 Å². The first-order valence-corrected chi connectivity index (χ1v) is 5.76. The van der Waals surface area contributed by atoms with Crippen molar-refractivity contribution in [2.45, 2.75) is 6.04 Å². The molecule has 0 spiro atoms. The van der Waals surface area contributed by atoms with Crippen LogP contribution in [-0.4, -0.2) is 0 Å². The van der Waals surface area contributed by atoms with Gasteiger partial charge >= 0.3 is 0 Å². The average molecular weight is 287 g/mol. The van der Waals surface area contributed by atoms with E-state index in [0.717, 1.165) is 24.3 Å². The third-order valence-electron chi connectivity index (χ3n) is 2.71. The maximum absolute atomic E-state index is 13.7. The van der Waals surface area contributed by atoms with Crippen LogP contribution in [0.15, 0.2) is 36.4 Å². The minimum Gasteiger partial charge on any atom is -0.271 e. The van der Waals surface area contributed by atoms with E-state index in [1.54, 1.807) is 0 Å². The van der Waals surface area contributed by atoms with Gasteiger partial charge in [-0.3, -0.25) is 5.84 Å². The van der Waals surface area contributed by atoms with Crippen LogP contribution in [0, 0.1) is 17.5 Å². The molecule has 0 fully saturated rings. The average Bonchev–Trinajstić information content (AvgIpc) is 2.38. The molecule has 0 aliphatic rings. The van der Waals surface area contributed by atoms with Gasteiger partial charge in [0.1, 0.15) is 17.5 Å². The Morgan fingerprint density at radius 3 is 2.37 bits per heavy atom. The molecule has 0 bridgehead atoms. The summed E-state index contributed by atoms with van der Waals surface area (Å²) in [7, 11) is 0. The van der Waals surface area contributed by atoms with Crippen LogP contribution in [0.1, 0.15) is 17.2 Å². The SMILES string of the molecule is NNC(c1ccc(Cl)c(F)c1)c1cc(F)ccc1F. The number of hydrazine groups is 1. The topological polar surface area (TPSA) is 38.0 Å². The van der Waals surface area contributed by atoms with Gasteiger partial charge in [0, 0.05) is 5.56 Å². The van der Waals surface area contributed by atoms with Crippen LogP contribution in [0.25, 0.3) is 0 Å². The monoisotopic (exact) mass is 286 g/mol. The largest absolute Gasteiger partial charge is 0.271 e. The van der Waals surface area contributed by atoms with Gasteiger partial charge in [0.25, 0.3) is 0 Å². The van der Waals surface area contributed by atoms with Crippen molar-refractivity contribution >= 4 is 11.6 Å². The number of nitrogens with one attached hydrogen (secondary N) is 1. The van der Waals surface area contributed by atoms with Crippen molar-refractivity contribution in [1.82, 2.24) is 5.43 Å². The highest BCUT2D eigenvalue weighted by atomic mass is 35.5. The summed E-state index contributed by atoms with van der Waals surface area (Å²) in [5.74, 6) is 3.45. The molecule has 0 aliphatic carbocycles. The molecule has 2 aromatic rings. The van der Waals surface area contributed by atoms with Gasteiger partial charge in [-0.1, -0.05) is 17.7 Å². The maximum atomic E-state index is 13.7. The molecule has 100 valence electrons. The first-order valence-electron chi connectivity index (χ1n) is 5.39. The zero-order valence-corrected chi connectivity index (χ0v) is 10.4. The molecule has 19 heavy (non-hydrogen) atoms. The van der Waals surface area contributed by atoms with E-state index in [-0.39, 0.29) is 10.6 Å². The van der Waals surface area contributed by atoms with E-state index < -0.39 is 23.5 Å². The van der Waals surface area contributed by atoms with Gasteiger partial charge in [-0.2, -0.15) is 0 Å². The van der Waals surface area contributed by atoms with Crippen molar-refractivity contribution in [2.75, 3.05) is 0 Å². The molecular formula is C13H10ClF3N2. The zero-order valence-electron chi connectivity index (χ0n) is 9.63. The molecule has 6 heteroatoms. The van der Waals surface area contributed by atoms with Crippen LogP contribution in [-0.2, 0) is 0 Å². The lowest BCUT2D eigenvalue weighted by atomic mass is 9.98. The predicted octanol–water partition coefficient (Wildman–Crippen LogP) is 3.31. The van der Waals surface area contributed by atoms with Crippen LogP contribution in [0.2, 0.25) is 5.02 Å². The Kier molecular flexibility index (Phi) is 4.09. The standard InChI is InChI=1S/C13H10ClF3N2/c14-10-3-1-7(5-12(10)17)13(19-18)9-6-8(15)2-4-11(9)16/h1-6,13,19H,18H2. The third kappa shape index (κ3) is 2.89. The van der Waals surface area contributed by atoms with E-state index in [2.05, 4.69) is 5.43 Å². The number of halogens is 4. The van der Waals surface area contributed by atoms with E-state index in [1.165, 1.54) is 12.1 Å². The minimum absolute atomic E-state index is 0.00998. The van der Waals surface area contributed by atoms with E-state index in [0.29, 0.717) is 5.56 Å². The Balaban J connectivity index is 2.49. The lowest BCUT2D eigenvalue weighted by Crippen LogP contribution is -2.29. The summed E-state index contributed by atoms with van der Waals surface area (Å²) in [6.07, 6.45) is 0. The van der Waals surface area contributed by atoms with E-state index >= 15 is 0 Å². The molecule has 0 saturated carbocycles. The van der Waals surface area contributed by atoms with Crippen molar-refractivity contribution in [2.24, 2.45) is 5.84 Å². The van der Waals surface area contributed by atoms with Crippen molar-refractivity contribution in [3.63, 3.8) is 0 Å². The number of nitrogens with two attached hydrogens (primary N) is 1. The van der Waals surface area contributed by atoms with Crippen LogP contribution in [0.4, 0.5) is 13.2 Å². The third-order valence-corrected chi connectivity index (χ3v) is 3.02. The smallest absolute Gasteiger partial charge is 0.142 e. The van der Waals surface area contributed by atoms with Crippen molar-refractivity contribution in [3.05, 3.63) is 70.0 Å². The van der Waals surface area contributed by atoms with E-state index in [4.69, 9.17) is 17.4 Å². The van der Waals surface area contributed by atoms with Gasteiger partial charge in [0.15, 0.2) is 0 Å². The minimum atomic E-state index is -0.873.